The maximum absolute atomic E-state index is 14.1. The molecule has 40 heavy (non-hydrogen) atoms. The van der Waals surface area contributed by atoms with E-state index in [9.17, 15) is 18.0 Å². The van der Waals surface area contributed by atoms with Crippen LogP contribution in [0.1, 0.15) is 38.8 Å². The van der Waals surface area contributed by atoms with Gasteiger partial charge < -0.3 is 15.0 Å². The molecule has 1 atom stereocenters. The highest BCUT2D eigenvalue weighted by Crippen LogP contribution is 2.35. The van der Waals surface area contributed by atoms with Crippen molar-refractivity contribution in [2.75, 3.05) is 18.0 Å². The molecule has 214 valence electrons. The van der Waals surface area contributed by atoms with Crippen LogP contribution in [-0.4, -0.2) is 50.4 Å². The molecule has 3 rings (SSSR count). The first kappa shape index (κ1) is 31.0. The number of aryl methyl sites for hydroxylation is 1. The van der Waals surface area contributed by atoms with E-state index in [4.69, 9.17) is 16.3 Å². The molecule has 0 heterocycles. The van der Waals surface area contributed by atoms with Crippen molar-refractivity contribution < 1.29 is 22.7 Å². The molecule has 0 aliphatic carbocycles. The number of nitrogens with one attached hydrogen (secondary N) is 1. The second-order valence-corrected chi connectivity index (χ2v) is 12.8. The predicted octanol–water partition coefficient (Wildman–Crippen LogP) is 5.18. The van der Waals surface area contributed by atoms with Crippen molar-refractivity contribution >= 4 is 39.1 Å². The first-order valence-corrected chi connectivity index (χ1v) is 14.6. The molecule has 0 saturated heterocycles. The van der Waals surface area contributed by atoms with E-state index in [1.165, 1.54) is 30.2 Å². The van der Waals surface area contributed by atoms with Gasteiger partial charge in [-0.25, -0.2) is 8.42 Å². The van der Waals surface area contributed by atoms with Crippen LogP contribution in [0.15, 0.2) is 77.7 Å². The highest BCUT2D eigenvalue weighted by atomic mass is 35.5. The lowest BCUT2D eigenvalue weighted by molar-refractivity contribution is -0.140. The molecular weight excluding hydrogens is 550 g/mol. The number of amides is 2. The number of halogens is 1. The van der Waals surface area contributed by atoms with Crippen LogP contribution in [0.4, 0.5) is 5.69 Å². The van der Waals surface area contributed by atoms with Crippen LogP contribution < -0.4 is 14.4 Å². The molecule has 0 fully saturated rings. The van der Waals surface area contributed by atoms with Crippen LogP contribution in [0.25, 0.3) is 0 Å². The lowest BCUT2D eigenvalue weighted by Crippen LogP contribution is -2.54. The Hall–Kier alpha value is -3.56. The zero-order valence-electron chi connectivity index (χ0n) is 23.6. The van der Waals surface area contributed by atoms with Gasteiger partial charge in [-0.3, -0.25) is 13.9 Å². The van der Waals surface area contributed by atoms with Crippen molar-refractivity contribution in [3.63, 3.8) is 0 Å². The number of nitrogens with zero attached hydrogens (tertiary/aromatic N) is 2. The van der Waals surface area contributed by atoms with Crippen LogP contribution in [0.5, 0.6) is 5.75 Å². The Labute approximate surface area is 241 Å². The Morgan fingerprint density at radius 2 is 1.62 bits per heavy atom. The maximum atomic E-state index is 14.1. The Kier molecular flexibility index (Phi) is 9.87. The summed E-state index contributed by atoms with van der Waals surface area (Å²) in [6.45, 7) is 8.62. The van der Waals surface area contributed by atoms with E-state index in [1.807, 2.05) is 52.0 Å². The molecule has 0 radical (unpaired) electrons. The van der Waals surface area contributed by atoms with Crippen LogP contribution >= 0.6 is 11.6 Å². The molecule has 0 aromatic heterocycles. The Bertz CT molecular complexity index is 1460. The van der Waals surface area contributed by atoms with Crippen LogP contribution in [0.2, 0.25) is 5.02 Å². The summed E-state index contributed by atoms with van der Waals surface area (Å²) >= 11 is 6.27. The van der Waals surface area contributed by atoms with Gasteiger partial charge in [-0.2, -0.15) is 0 Å². The van der Waals surface area contributed by atoms with Crippen LogP contribution in [0, 0.1) is 6.92 Å². The van der Waals surface area contributed by atoms with Gasteiger partial charge in [0, 0.05) is 17.1 Å². The van der Waals surface area contributed by atoms with E-state index in [0.29, 0.717) is 0 Å². The highest BCUT2D eigenvalue weighted by Gasteiger charge is 2.34. The fourth-order valence-electron chi connectivity index (χ4n) is 4.12. The van der Waals surface area contributed by atoms with Gasteiger partial charge in [0.05, 0.1) is 17.7 Å². The predicted molar refractivity (Wildman–Crippen MR) is 158 cm³/mol. The number of anilines is 1. The highest BCUT2D eigenvalue weighted by molar-refractivity contribution is 7.92. The van der Waals surface area contributed by atoms with Crippen molar-refractivity contribution in [1.82, 2.24) is 10.2 Å². The second-order valence-electron chi connectivity index (χ2n) is 10.5. The Balaban J connectivity index is 2.11. The molecule has 0 aliphatic rings. The topological polar surface area (TPSA) is 96.0 Å². The monoisotopic (exact) mass is 585 g/mol. The van der Waals surface area contributed by atoms with Gasteiger partial charge in [-0.1, -0.05) is 54.1 Å². The largest absolute Gasteiger partial charge is 0.495 e. The normalized spacial score (nSPS) is 12.4. The molecule has 10 heteroatoms. The van der Waals surface area contributed by atoms with E-state index >= 15 is 0 Å². The van der Waals surface area contributed by atoms with Gasteiger partial charge >= 0.3 is 0 Å². The average Bonchev–Trinajstić information content (AvgIpc) is 2.90. The minimum absolute atomic E-state index is 0.00573. The van der Waals surface area contributed by atoms with Gasteiger partial charge in [-0.05, 0) is 76.1 Å². The number of carbonyl (C=O) groups excluding carboxylic acids is 2. The molecule has 3 aromatic carbocycles. The molecule has 0 spiro atoms. The summed E-state index contributed by atoms with van der Waals surface area (Å²) in [5, 5.41) is 3.19. The van der Waals surface area contributed by atoms with Gasteiger partial charge in [0.15, 0.2) is 0 Å². The summed E-state index contributed by atoms with van der Waals surface area (Å²) in [4.78, 5) is 28.7. The second kappa shape index (κ2) is 12.7. The van der Waals surface area contributed by atoms with E-state index < -0.39 is 34.1 Å². The average molecular weight is 586 g/mol. The molecule has 0 saturated carbocycles. The van der Waals surface area contributed by atoms with E-state index in [1.54, 1.807) is 37.3 Å². The third kappa shape index (κ3) is 7.55. The maximum Gasteiger partial charge on any atom is 0.264 e. The van der Waals surface area contributed by atoms with E-state index in [-0.39, 0.29) is 33.8 Å². The van der Waals surface area contributed by atoms with E-state index in [0.717, 1.165) is 15.4 Å². The molecule has 2 amide bonds. The van der Waals surface area contributed by atoms with Crippen molar-refractivity contribution in [2.24, 2.45) is 0 Å². The fraction of sp³-hybridized carbons (Fsp3) is 0.333. The number of methoxy groups -OCH3 is 1. The Morgan fingerprint density at radius 1 is 1.00 bits per heavy atom. The molecule has 3 aromatic rings. The summed E-state index contributed by atoms with van der Waals surface area (Å²) in [6.07, 6.45) is 0. The van der Waals surface area contributed by atoms with Gasteiger partial charge in [0.1, 0.15) is 18.3 Å². The first-order valence-electron chi connectivity index (χ1n) is 12.8. The minimum atomic E-state index is -4.24. The molecule has 0 bridgehead atoms. The van der Waals surface area contributed by atoms with Gasteiger partial charge in [0.2, 0.25) is 11.8 Å². The first-order chi connectivity index (χ1) is 18.7. The number of benzene rings is 3. The zero-order chi connectivity index (χ0) is 29.7. The van der Waals surface area contributed by atoms with Gasteiger partial charge in [0.25, 0.3) is 10.0 Å². The van der Waals surface area contributed by atoms with Crippen molar-refractivity contribution in [2.45, 2.75) is 57.6 Å². The third-order valence-corrected chi connectivity index (χ3v) is 8.30. The molecular formula is C30H36ClN3O5S. The number of sulfonamides is 1. The Morgan fingerprint density at radius 3 is 2.23 bits per heavy atom. The lowest BCUT2D eigenvalue weighted by Gasteiger charge is -2.34. The van der Waals surface area contributed by atoms with E-state index in [2.05, 4.69) is 5.32 Å². The number of rotatable bonds is 10. The summed E-state index contributed by atoms with van der Waals surface area (Å²) in [7, 11) is -2.83. The van der Waals surface area contributed by atoms with Crippen molar-refractivity contribution in [1.29, 1.82) is 0 Å². The van der Waals surface area contributed by atoms with Crippen molar-refractivity contribution in [3.8, 4) is 5.75 Å². The zero-order valence-corrected chi connectivity index (χ0v) is 25.2. The number of hydrogen-bond acceptors (Lipinski definition) is 5. The third-order valence-electron chi connectivity index (χ3n) is 6.29. The molecule has 0 unspecified atom stereocenters. The summed E-state index contributed by atoms with van der Waals surface area (Å²) < 4.78 is 34.3. The summed E-state index contributed by atoms with van der Waals surface area (Å²) in [5.41, 5.74) is 1.35. The molecule has 1 N–H and O–H groups in total. The smallest absolute Gasteiger partial charge is 0.264 e. The van der Waals surface area contributed by atoms with Gasteiger partial charge in [-0.15, -0.1) is 0 Å². The van der Waals surface area contributed by atoms with Crippen LogP contribution in [-0.2, 0) is 26.2 Å². The van der Waals surface area contributed by atoms with Crippen LogP contribution in [0.3, 0.4) is 0 Å². The quantitative estimate of drug-likeness (QED) is 0.353. The minimum Gasteiger partial charge on any atom is -0.495 e. The van der Waals surface area contributed by atoms with Crippen molar-refractivity contribution in [3.05, 3.63) is 88.9 Å². The number of hydrogen-bond donors (Lipinski definition) is 1. The number of ether oxygens (including phenoxy) is 1. The SMILES string of the molecule is COc1ccc(Cl)cc1N(CC(=O)N(Cc1ccccc1C)[C@H](C)C(=O)NC(C)(C)C)S(=O)(=O)c1ccccc1. The summed E-state index contributed by atoms with van der Waals surface area (Å²) in [6, 6.07) is 19.0. The molecule has 0 aliphatic heterocycles. The number of carbonyl (C=O) groups is 2. The molecule has 8 nitrogen and oxygen atoms in total. The standard InChI is InChI=1S/C30H36ClN3O5S/c1-21-12-10-11-13-23(21)19-33(22(2)29(36)32-30(3,4)5)28(35)20-34(26-18-24(31)16-17-27(26)39-6)40(37,38)25-14-8-7-9-15-25/h7-18,22H,19-20H2,1-6H3,(H,32,36)/t22-/m1/s1. The summed E-state index contributed by atoms with van der Waals surface area (Å²) in [5.74, 6) is -0.700. The fourth-order valence-corrected chi connectivity index (χ4v) is 5.72. The lowest BCUT2D eigenvalue weighted by atomic mass is 10.1.